The number of benzene rings is 1. The Morgan fingerprint density at radius 2 is 2.11 bits per heavy atom. The summed E-state index contributed by atoms with van der Waals surface area (Å²) >= 11 is 0. The fraction of sp³-hybridized carbons (Fsp3) is 0.571. The van der Waals surface area contributed by atoms with E-state index in [4.69, 9.17) is 9.47 Å². The largest absolute Gasteiger partial charge is 0.486 e. The normalized spacial score (nSPS) is 26.3. The lowest BCUT2D eigenvalue weighted by molar-refractivity contribution is 0.171. The quantitative estimate of drug-likeness (QED) is 0.820. The second kappa shape index (κ2) is 5.27. The number of piperazine rings is 1. The molecule has 2 N–H and O–H groups in total. The van der Waals surface area contributed by atoms with E-state index in [9.17, 15) is 5.11 Å². The Kier molecular flexibility index (Phi) is 3.48. The van der Waals surface area contributed by atoms with E-state index in [1.54, 1.807) is 0 Å². The van der Waals surface area contributed by atoms with E-state index < -0.39 is 0 Å². The van der Waals surface area contributed by atoms with Gasteiger partial charge in [-0.25, -0.2) is 0 Å². The van der Waals surface area contributed by atoms with E-state index in [-0.39, 0.29) is 12.6 Å². The molecule has 5 nitrogen and oxygen atoms in total. The Morgan fingerprint density at radius 1 is 1.32 bits per heavy atom. The van der Waals surface area contributed by atoms with Crippen LogP contribution < -0.4 is 19.7 Å². The lowest BCUT2D eigenvalue weighted by Gasteiger charge is -2.40. The first kappa shape index (κ1) is 12.6. The van der Waals surface area contributed by atoms with Gasteiger partial charge in [-0.2, -0.15) is 0 Å². The number of nitrogens with zero attached hydrogens (tertiary/aromatic N) is 1. The van der Waals surface area contributed by atoms with Crippen molar-refractivity contribution in [2.45, 2.75) is 19.0 Å². The summed E-state index contributed by atoms with van der Waals surface area (Å²) in [7, 11) is 0. The summed E-state index contributed by atoms with van der Waals surface area (Å²) in [4.78, 5) is 2.30. The molecule has 2 unspecified atom stereocenters. The van der Waals surface area contributed by atoms with E-state index in [0.29, 0.717) is 19.3 Å². The number of ether oxygens (including phenoxy) is 2. The molecule has 2 heterocycles. The van der Waals surface area contributed by atoms with Crippen molar-refractivity contribution in [3.63, 3.8) is 0 Å². The smallest absolute Gasteiger partial charge is 0.163 e. The van der Waals surface area contributed by atoms with Gasteiger partial charge in [0.05, 0.1) is 6.61 Å². The van der Waals surface area contributed by atoms with E-state index in [1.165, 1.54) is 0 Å². The van der Waals surface area contributed by atoms with Gasteiger partial charge in [-0.05, 0) is 19.1 Å². The molecule has 0 saturated carbocycles. The minimum atomic E-state index is 0.129. The van der Waals surface area contributed by atoms with Gasteiger partial charge in [0, 0.05) is 36.9 Å². The molecule has 1 aromatic carbocycles. The van der Waals surface area contributed by atoms with Gasteiger partial charge >= 0.3 is 0 Å². The predicted octanol–water partition coefficient (Wildman–Crippen LogP) is 0.617. The third-order valence-corrected chi connectivity index (χ3v) is 3.73. The molecule has 0 bridgehead atoms. The molecule has 3 rings (SSSR count). The summed E-state index contributed by atoms with van der Waals surface area (Å²) in [5.74, 6) is 1.63. The summed E-state index contributed by atoms with van der Waals surface area (Å²) in [6.07, 6.45) is 0. The zero-order valence-corrected chi connectivity index (χ0v) is 11.1. The van der Waals surface area contributed by atoms with Crippen molar-refractivity contribution < 1.29 is 14.6 Å². The topological polar surface area (TPSA) is 54.0 Å². The average Bonchev–Trinajstić information content (AvgIpc) is 2.47. The summed E-state index contributed by atoms with van der Waals surface area (Å²) in [6.45, 7) is 5.23. The first-order chi connectivity index (χ1) is 9.28. The van der Waals surface area contributed by atoms with E-state index >= 15 is 0 Å². The standard InChI is InChI=1S/C14H20N2O3/c1-10-7-15-11(9-17)8-16(10)12-2-3-13-14(6-12)19-5-4-18-13/h2-3,6,10-11,15,17H,4-5,7-9H2,1H3. The van der Waals surface area contributed by atoms with Gasteiger partial charge in [-0.1, -0.05) is 0 Å². The van der Waals surface area contributed by atoms with E-state index in [0.717, 1.165) is 30.3 Å². The Hall–Kier alpha value is -1.46. The van der Waals surface area contributed by atoms with Crippen molar-refractivity contribution in [2.75, 3.05) is 37.8 Å². The van der Waals surface area contributed by atoms with Crippen LogP contribution in [-0.4, -0.2) is 50.1 Å². The zero-order chi connectivity index (χ0) is 13.2. The molecule has 2 atom stereocenters. The predicted molar refractivity (Wildman–Crippen MR) is 73.1 cm³/mol. The summed E-state index contributed by atoms with van der Waals surface area (Å²) in [5, 5.41) is 12.6. The minimum Gasteiger partial charge on any atom is -0.486 e. The van der Waals surface area contributed by atoms with Crippen LogP contribution in [0.15, 0.2) is 18.2 Å². The first-order valence-corrected chi connectivity index (χ1v) is 6.78. The first-order valence-electron chi connectivity index (χ1n) is 6.78. The van der Waals surface area contributed by atoms with Crippen molar-refractivity contribution in [3.8, 4) is 11.5 Å². The molecular weight excluding hydrogens is 244 g/mol. The number of nitrogens with one attached hydrogen (secondary N) is 1. The van der Waals surface area contributed by atoms with Crippen molar-refractivity contribution >= 4 is 5.69 Å². The zero-order valence-electron chi connectivity index (χ0n) is 11.1. The Morgan fingerprint density at radius 3 is 2.89 bits per heavy atom. The highest BCUT2D eigenvalue weighted by Crippen LogP contribution is 2.34. The number of fused-ring (bicyclic) bond motifs is 1. The molecule has 0 radical (unpaired) electrons. The lowest BCUT2D eigenvalue weighted by atomic mass is 10.1. The van der Waals surface area contributed by atoms with Crippen LogP contribution in [0.2, 0.25) is 0 Å². The third kappa shape index (κ3) is 2.48. The van der Waals surface area contributed by atoms with Crippen LogP contribution in [0.5, 0.6) is 11.5 Å². The van der Waals surface area contributed by atoms with Crippen LogP contribution in [-0.2, 0) is 0 Å². The molecule has 1 saturated heterocycles. The van der Waals surface area contributed by atoms with Gasteiger partial charge in [0.1, 0.15) is 13.2 Å². The van der Waals surface area contributed by atoms with Gasteiger partial charge < -0.3 is 24.8 Å². The van der Waals surface area contributed by atoms with Crippen molar-refractivity contribution in [2.24, 2.45) is 0 Å². The maximum atomic E-state index is 9.30. The fourth-order valence-electron chi connectivity index (χ4n) is 2.62. The molecule has 0 spiro atoms. The van der Waals surface area contributed by atoms with Crippen LogP contribution in [0.1, 0.15) is 6.92 Å². The molecule has 1 aromatic rings. The SMILES string of the molecule is CC1CNC(CO)CN1c1ccc2c(c1)OCCO2. The monoisotopic (exact) mass is 264 g/mol. The van der Waals surface area contributed by atoms with Crippen LogP contribution >= 0.6 is 0 Å². The molecule has 104 valence electrons. The van der Waals surface area contributed by atoms with E-state index in [2.05, 4.69) is 23.2 Å². The average molecular weight is 264 g/mol. The molecule has 5 heteroatoms. The number of aliphatic hydroxyl groups excluding tert-OH is 1. The van der Waals surface area contributed by atoms with Crippen molar-refractivity contribution in [1.82, 2.24) is 5.32 Å². The second-order valence-electron chi connectivity index (χ2n) is 5.12. The molecule has 0 amide bonds. The number of rotatable bonds is 2. The van der Waals surface area contributed by atoms with Crippen LogP contribution in [0.4, 0.5) is 5.69 Å². The maximum Gasteiger partial charge on any atom is 0.163 e. The van der Waals surface area contributed by atoms with Crippen LogP contribution in [0.25, 0.3) is 0 Å². The second-order valence-corrected chi connectivity index (χ2v) is 5.12. The molecule has 0 aromatic heterocycles. The number of hydrogen-bond acceptors (Lipinski definition) is 5. The van der Waals surface area contributed by atoms with Crippen molar-refractivity contribution in [3.05, 3.63) is 18.2 Å². The lowest BCUT2D eigenvalue weighted by Crippen LogP contribution is -2.56. The number of aliphatic hydroxyl groups is 1. The van der Waals surface area contributed by atoms with Crippen LogP contribution in [0, 0.1) is 0 Å². The highest BCUT2D eigenvalue weighted by Gasteiger charge is 2.25. The molecule has 2 aliphatic rings. The third-order valence-electron chi connectivity index (χ3n) is 3.73. The van der Waals surface area contributed by atoms with Gasteiger partial charge in [-0.15, -0.1) is 0 Å². The summed E-state index contributed by atoms with van der Waals surface area (Å²) < 4.78 is 11.2. The molecule has 2 aliphatic heterocycles. The summed E-state index contributed by atoms with van der Waals surface area (Å²) in [6, 6.07) is 6.58. The minimum absolute atomic E-state index is 0.129. The molecular formula is C14H20N2O3. The van der Waals surface area contributed by atoms with Gasteiger partial charge in [0.25, 0.3) is 0 Å². The highest BCUT2D eigenvalue weighted by atomic mass is 16.6. The summed E-state index contributed by atoms with van der Waals surface area (Å²) in [5.41, 5.74) is 1.12. The van der Waals surface area contributed by atoms with Gasteiger partial charge in [0.2, 0.25) is 0 Å². The Balaban J connectivity index is 1.84. The molecule has 0 aliphatic carbocycles. The Labute approximate surface area is 113 Å². The number of anilines is 1. The molecule has 1 fully saturated rings. The maximum absolute atomic E-state index is 9.30. The van der Waals surface area contributed by atoms with Crippen LogP contribution in [0.3, 0.4) is 0 Å². The Bertz CT molecular complexity index is 452. The highest BCUT2D eigenvalue weighted by molar-refractivity contribution is 5.57. The molecule has 19 heavy (non-hydrogen) atoms. The van der Waals surface area contributed by atoms with Gasteiger partial charge in [-0.3, -0.25) is 0 Å². The number of hydrogen-bond donors (Lipinski definition) is 2. The fourth-order valence-corrected chi connectivity index (χ4v) is 2.62. The van der Waals surface area contributed by atoms with Crippen molar-refractivity contribution in [1.29, 1.82) is 0 Å². The van der Waals surface area contributed by atoms with Gasteiger partial charge in [0.15, 0.2) is 11.5 Å². The van der Waals surface area contributed by atoms with E-state index in [1.807, 2.05) is 12.1 Å².